The van der Waals surface area contributed by atoms with E-state index in [2.05, 4.69) is 37.1 Å². The normalized spacial score (nSPS) is 21.0. The first-order valence-corrected chi connectivity index (χ1v) is 11.4. The number of carbonyl (C=O) groups is 1. The molecule has 1 saturated heterocycles. The molecule has 1 amide bonds. The van der Waals surface area contributed by atoms with Crippen molar-refractivity contribution in [1.82, 2.24) is 25.0 Å². The molecule has 0 radical (unpaired) electrons. The molecule has 0 unspecified atom stereocenters. The summed E-state index contributed by atoms with van der Waals surface area (Å²) in [5, 5.41) is 12.9. The zero-order chi connectivity index (χ0) is 18.9. The highest BCUT2D eigenvalue weighted by Crippen LogP contribution is 2.41. The van der Waals surface area contributed by atoms with Gasteiger partial charge in [0.25, 0.3) is 0 Å². The molecule has 1 aromatic heterocycles. The fourth-order valence-corrected chi connectivity index (χ4v) is 4.82. The Bertz CT molecular complexity index is 823. The van der Waals surface area contributed by atoms with Crippen molar-refractivity contribution < 1.29 is 4.79 Å². The van der Waals surface area contributed by atoms with Gasteiger partial charge in [0.15, 0.2) is 5.16 Å². The minimum atomic E-state index is 0.102. The van der Waals surface area contributed by atoms with Crippen LogP contribution in [0.25, 0.3) is 5.69 Å². The summed E-state index contributed by atoms with van der Waals surface area (Å²) >= 11 is 1.49. The van der Waals surface area contributed by atoms with E-state index in [1.165, 1.54) is 37.4 Å². The molecule has 148 valence electrons. The average molecular weight is 398 g/mol. The van der Waals surface area contributed by atoms with Crippen molar-refractivity contribution >= 4 is 17.7 Å². The van der Waals surface area contributed by atoms with Gasteiger partial charge in [-0.1, -0.05) is 30.0 Å². The van der Waals surface area contributed by atoms with Crippen LogP contribution in [0.15, 0.2) is 35.5 Å². The number of para-hydroxylation sites is 1. The summed E-state index contributed by atoms with van der Waals surface area (Å²) in [5.74, 6) is 2.03. The molecule has 7 heteroatoms. The maximum atomic E-state index is 12.5. The lowest BCUT2D eigenvalue weighted by Gasteiger charge is -2.32. The summed E-state index contributed by atoms with van der Waals surface area (Å²) in [6, 6.07) is 11.4. The molecular formula is C21H27N5OS. The van der Waals surface area contributed by atoms with Crippen LogP contribution >= 0.6 is 11.8 Å². The zero-order valence-electron chi connectivity index (χ0n) is 16.1. The first-order valence-electron chi connectivity index (χ1n) is 10.4. The third-order valence-electron chi connectivity index (χ3n) is 5.91. The molecule has 2 heterocycles. The number of likely N-dealkylation sites (tertiary alicyclic amines) is 1. The highest BCUT2D eigenvalue weighted by atomic mass is 32.2. The quantitative estimate of drug-likeness (QED) is 0.728. The van der Waals surface area contributed by atoms with Crippen LogP contribution in [-0.2, 0) is 4.79 Å². The summed E-state index contributed by atoms with van der Waals surface area (Å²) in [7, 11) is 0. The van der Waals surface area contributed by atoms with E-state index in [4.69, 9.17) is 0 Å². The molecule has 3 fully saturated rings. The lowest BCUT2D eigenvalue weighted by molar-refractivity contribution is -0.119. The molecule has 5 rings (SSSR count). The van der Waals surface area contributed by atoms with Crippen LogP contribution in [0, 0.1) is 0 Å². The molecule has 1 aliphatic heterocycles. The largest absolute Gasteiger partial charge is 0.353 e. The van der Waals surface area contributed by atoms with E-state index in [0.29, 0.717) is 17.7 Å². The van der Waals surface area contributed by atoms with Gasteiger partial charge in [-0.3, -0.25) is 9.36 Å². The number of piperidine rings is 1. The molecule has 3 aliphatic rings. The lowest BCUT2D eigenvalue weighted by Crippen LogP contribution is -2.45. The SMILES string of the molecule is O=C(CSc1nnc(C2CC2)n1-c1ccccc1)NC1CCN(C2CC2)CC1. The van der Waals surface area contributed by atoms with E-state index >= 15 is 0 Å². The van der Waals surface area contributed by atoms with Crippen molar-refractivity contribution in [2.75, 3.05) is 18.8 Å². The van der Waals surface area contributed by atoms with Crippen molar-refractivity contribution in [3.8, 4) is 5.69 Å². The van der Waals surface area contributed by atoms with Gasteiger partial charge in [-0.25, -0.2) is 0 Å². The smallest absolute Gasteiger partial charge is 0.230 e. The molecule has 2 saturated carbocycles. The number of carbonyl (C=O) groups excluding carboxylic acids is 1. The van der Waals surface area contributed by atoms with Crippen LogP contribution in [-0.4, -0.2) is 56.5 Å². The summed E-state index contributed by atoms with van der Waals surface area (Å²) < 4.78 is 2.13. The summed E-state index contributed by atoms with van der Waals surface area (Å²) in [6.45, 7) is 2.24. The number of rotatable bonds is 7. The van der Waals surface area contributed by atoms with Gasteiger partial charge in [-0.15, -0.1) is 10.2 Å². The van der Waals surface area contributed by atoms with E-state index in [9.17, 15) is 4.79 Å². The first kappa shape index (κ1) is 18.2. The fraction of sp³-hybridized carbons (Fsp3) is 0.571. The van der Waals surface area contributed by atoms with Gasteiger partial charge >= 0.3 is 0 Å². The third-order valence-corrected chi connectivity index (χ3v) is 6.83. The zero-order valence-corrected chi connectivity index (χ0v) is 16.9. The number of benzene rings is 1. The molecule has 0 spiro atoms. The van der Waals surface area contributed by atoms with Crippen LogP contribution in [0.1, 0.15) is 50.3 Å². The number of thioether (sulfide) groups is 1. The molecule has 28 heavy (non-hydrogen) atoms. The van der Waals surface area contributed by atoms with Gasteiger partial charge in [0.1, 0.15) is 5.82 Å². The Morgan fingerprint density at radius 2 is 1.79 bits per heavy atom. The van der Waals surface area contributed by atoms with Crippen LogP contribution in [0.2, 0.25) is 0 Å². The summed E-state index contributed by atoms with van der Waals surface area (Å²) in [4.78, 5) is 15.1. The molecule has 6 nitrogen and oxygen atoms in total. The minimum absolute atomic E-state index is 0.102. The van der Waals surface area contributed by atoms with Crippen LogP contribution in [0.3, 0.4) is 0 Å². The van der Waals surface area contributed by atoms with Crippen molar-refractivity contribution in [3.63, 3.8) is 0 Å². The van der Waals surface area contributed by atoms with E-state index in [1.807, 2.05) is 18.2 Å². The molecule has 0 atom stereocenters. The van der Waals surface area contributed by atoms with E-state index < -0.39 is 0 Å². The number of hydrogen-bond acceptors (Lipinski definition) is 5. The van der Waals surface area contributed by atoms with Gasteiger partial charge in [0.05, 0.1) is 5.75 Å². The molecule has 0 bridgehead atoms. The Morgan fingerprint density at radius 3 is 2.46 bits per heavy atom. The van der Waals surface area contributed by atoms with Gasteiger partial charge in [-0.05, 0) is 50.7 Å². The van der Waals surface area contributed by atoms with Crippen molar-refractivity contribution in [2.24, 2.45) is 0 Å². The number of nitrogens with zero attached hydrogens (tertiary/aromatic N) is 4. The predicted molar refractivity (Wildman–Crippen MR) is 110 cm³/mol. The van der Waals surface area contributed by atoms with Gasteiger partial charge < -0.3 is 10.2 Å². The lowest BCUT2D eigenvalue weighted by atomic mass is 10.1. The Kier molecular flexibility index (Phi) is 5.11. The maximum Gasteiger partial charge on any atom is 0.230 e. The minimum Gasteiger partial charge on any atom is -0.353 e. The Labute approximate surface area is 170 Å². The second-order valence-electron chi connectivity index (χ2n) is 8.18. The number of aromatic nitrogens is 3. The highest BCUT2D eigenvalue weighted by Gasteiger charge is 2.33. The number of hydrogen-bond donors (Lipinski definition) is 1. The standard InChI is InChI=1S/C21H27N5OS/c27-19(22-16-10-12-25(13-11-16)17-8-9-17)14-28-21-24-23-20(15-6-7-15)26(21)18-4-2-1-3-5-18/h1-5,15-17H,6-14H2,(H,22,27). The van der Waals surface area contributed by atoms with E-state index in [-0.39, 0.29) is 5.91 Å². The Balaban J connectivity index is 1.19. The number of nitrogens with one attached hydrogen (secondary N) is 1. The second kappa shape index (κ2) is 7.87. The Hall–Kier alpha value is -1.86. The van der Waals surface area contributed by atoms with Crippen LogP contribution in [0.4, 0.5) is 0 Å². The average Bonchev–Trinajstić information content (AvgIpc) is 3.65. The van der Waals surface area contributed by atoms with Gasteiger partial charge in [0.2, 0.25) is 5.91 Å². The highest BCUT2D eigenvalue weighted by molar-refractivity contribution is 7.99. The Morgan fingerprint density at radius 1 is 1.04 bits per heavy atom. The van der Waals surface area contributed by atoms with Gasteiger partial charge in [-0.2, -0.15) is 0 Å². The molecule has 1 aromatic carbocycles. The maximum absolute atomic E-state index is 12.5. The first-order chi connectivity index (χ1) is 13.8. The van der Waals surface area contributed by atoms with Crippen molar-refractivity contribution in [3.05, 3.63) is 36.2 Å². The predicted octanol–water partition coefficient (Wildman–Crippen LogP) is 2.98. The second-order valence-corrected chi connectivity index (χ2v) is 9.13. The summed E-state index contributed by atoms with van der Waals surface area (Å²) in [5.41, 5.74) is 1.07. The molecule has 2 aliphatic carbocycles. The third kappa shape index (κ3) is 4.10. The topological polar surface area (TPSA) is 63.1 Å². The van der Waals surface area contributed by atoms with Crippen molar-refractivity contribution in [2.45, 2.75) is 61.7 Å². The fourth-order valence-electron chi connectivity index (χ4n) is 4.05. The monoisotopic (exact) mass is 397 g/mol. The van der Waals surface area contributed by atoms with Gasteiger partial charge in [0, 0.05) is 36.8 Å². The molecule has 2 aromatic rings. The van der Waals surface area contributed by atoms with Crippen molar-refractivity contribution in [1.29, 1.82) is 0 Å². The van der Waals surface area contributed by atoms with E-state index in [0.717, 1.165) is 48.6 Å². The van der Waals surface area contributed by atoms with Crippen LogP contribution in [0.5, 0.6) is 0 Å². The number of amides is 1. The summed E-state index contributed by atoms with van der Waals surface area (Å²) in [6.07, 6.45) is 7.21. The molecular weight excluding hydrogens is 370 g/mol. The molecule has 1 N–H and O–H groups in total. The van der Waals surface area contributed by atoms with E-state index in [1.54, 1.807) is 0 Å². The van der Waals surface area contributed by atoms with Crippen LogP contribution < -0.4 is 5.32 Å².